The van der Waals surface area contributed by atoms with E-state index in [4.69, 9.17) is 12.2 Å². The minimum atomic E-state index is -0.396. The van der Waals surface area contributed by atoms with Gasteiger partial charge >= 0.3 is 0 Å². The van der Waals surface area contributed by atoms with E-state index in [0.717, 1.165) is 11.3 Å². The topological polar surface area (TPSA) is 38.9 Å². The second kappa shape index (κ2) is 2.96. The van der Waals surface area contributed by atoms with Crippen LogP contribution in [0.25, 0.3) is 0 Å². The average molecular weight is 160 g/mol. The molecule has 0 saturated carbocycles. The molecule has 0 aromatic carbocycles. The first kappa shape index (κ1) is 8.76. The van der Waals surface area contributed by atoms with E-state index in [-0.39, 0.29) is 0 Å². The largest absolute Gasteiger partial charge is 0.321 e. The first-order valence-corrected chi connectivity index (χ1v) is 3.76. The molecular formula is C10H12N2. The van der Waals surface area contributed by atoms with Crippen molar-refractivity contribution < 1.29 is 0 Å². The van der Waals surface area contributed by atoms with Crippen LogP contribution in [0, 0.1) is 12.3 Å². The van der Waals surface area contributed by atoms with E-state index < -0.39 is 5.54 Å². The van der Waals surface area contributed by atoms with Crippen LogP contribution in [0.2, 0.25) is 0 Å². The summed E-state index contributed by atoms with van der Waals surface area (Å²) in [6.45, 7) is 3.82. The van der Waals surface area contributed by atoms with Crippen LogP contribution in [0.5, 0.6) is 0 Å². The van der Waals surface area contributed by atoms with Gasteiger partial charge in [0.05, 0.1) is 11.2 Å². The van der Waals surface area contributed by atoms with Crippen molar-refractivity contribution in [2.24, 2.45) is 5.73 Å². The van der Waals surface area contributed by atoms with Crippen molar-refractivity contribution >= 4 is 0 Å². The lowest BCUT2D eigenvalue weighted by molar-refractivity contribution is 0.535. The Bertz CT molecular complexity index is 298. The molecule has 0 amide bonds. The molecule has 0 radical (unpaired) electrons. The van der Waals surface area contributed by atoms with Gasteiger partial charge in [0, 0.05) is 11.8 Å². The molecule has 12 heavy (non-hydrogen) atoms. The number of hydrogen-bond donors (Lipinski definition) is 1. The Morgan fingerprint density at radius 3 is 2.50 bits per heavy atom. The molecule has 0 unspecified atom stereocenters. The van der Waals surface area contributed by atoms with Crippen molar-refractivity contribution in [1.82, 2.24) is 4.98 Å². The van der Waals surface area contributed by atoms with Gasteiger partial charge in [0.2, 0.25) is 0 Å². The lowest BCUT2D eigenvalue weighted by atomic mass is 10.0. The third kappa shape index (κ3) is 1.84. The fourth-order valence-electron chi connectivity index (χ4n) is 0.860. The van der Waals surface area contributed by atoms with E-state index in [1.807, 2.05) is 26.0 Å². The highest BCUT2D eigenvalue weighted by Gasteiger charge is 2.14. The Labute approximate surface area is 72.8 Å². The summed E-state index contributed by atoms with van der Waals surface area (Å²) >= 11 is 0. The fraction of sp³-hybridized carbons (Fsp3) is 0.300. The summed E-state index contributed by atoms with van der Waals surface area (Å²) in [5.74, 6) is 2.50. The van der Waals surface area contributed by atoms with Gasteiger partial charge in [0.25, 0.3) is 0 Å². The standard InChI is InChI=1S/C10H12N2/c1-4-8-5-6-9(12-7-8)10(2,3)11/h1,5-7H,11H2,2-3H3. The third-order valence-corrected chi connectivity index (χ3v) is 1.59. The Morgan fingerprint density at radius 1 is 1.50 bits per heavy atom. The van der Waals surface area contributed by atoms with E-state index in [0.29, 0.717) is 0 Å². The molecule has 2 heteroatoms. The smallest absolute Gasteiger partial charge is 0.0597 e. The zero-order chi connectivity index (χ0) is 9.19. The molecular weight excluding hydrogens is 148 g/mol. The lowest BCUT2D eigenvalue weighted by Crippen LogP contribution is -2.29. The molecule has 1 aromatic rings. The highest BCUT2D eigenvalue weighted by atomic mass is 14.8. The van der Waals surface area contributed by atoms with Crippen LogP contribution in [0.4, 0.5) is 0 Å². The highest BCUT2D eigenvalue weighted by molar-refractivity contribution is 5.30. The van der Waals surface area contributed by atoms with Crippen molar-refractivity contribution in [3.8, 4) is 12.3 Å². The van der Waals surface area contributed by atoms with Gasteiger partial charge in [-0.2, -0.15) is 0 Å². The number of rotatable bonds is 1. The SMILES string of the molecule is C#Cc1ccc(C(C)(C)N)nc1. The van der Waals surface area contributed by atoms with Gasteiger partial charge in [0.15, 0.2) is 0 Å². The zero-order valence-electron chi connectivity index (χ0n) is 7.33. The van der Waals surface area contributed by atoms with Crippen LogP contribution in [0.15, 0.2) is 18.3 Å². The number of aromatic nitrogens is 1. The summed E-state index contributed by atoms with van der Waals surface area (Å²) < 4.78 is 0. The van der Waals surface area contributed by atoms with Gasteiger partial charge in [0.1, 0.15) is 0 Å². The van der Waals surface area contributed by atoms with Crippen LogP contribution < -0.4 is 5.73 Å². The Balaban J connectivity index is 3.02. The zero-order valence-corrected chi connectivity index (χ0v) is 7.33. The molecule has 0 atom stereocenters. The van der Waals surface area contributed by atoms with Crippen molar-refractivity contribution in [1.29, 1.82) is 0 Å². The van der Waals surface area contributed by atoms with Crippen molar-refractivity contribution in [3.63, 3.8) is 0 Å². The van der Waals surface area contributed by atoms with E-state index in [9.17, 15) is 0 Å². The molecule has 2 N–H and O–H groups in total. The third-order valence-electron chi connectivity index (χ3n) is 1.59. The lowest BCUT2D eigenvalue weighted by Gasteiger charge is -2.17. The first-order valence-electron chi connectivity index (χ1n) is 3.76. The molecule has 1 aromatic heterocycles. The quantitative estimate of drug-likeness (QED) is 0.628. The first-order chi connectivity index (χ1) is 5.54. The molecule has 0 bridgehead atoms. The second-order valence-electron chi connectivity index (χ2n) is 3.30. The summed E-state index contributed by atoms with van der Waals surface area (Å²) in [5, 5.41) is 0. The van der Waals surface area contributed by atoms with Gasteiger partial charge < -0.3 is 5.73 Å². The number of nitrogens with zero attached hydrogens (tertiary/aromatic N) is 1. The molecule has 1 heterocycles. The molecule has 1 rings (SSSR count). The number of hydrogen-bond acceptors (Lipinski definition) is 2. The van der Waals surface area contributed by atoms with E-state index in [2.05, 4.69) is 10.9 Å². The number of nitrogens with two attached hydrogens (primary N) is 1. The minimum Gasteiger partial charge on any atom is -0.321 e. The second-order valence-corrected chi connectivity index (χ2v) is 3.30. The molecule has 62 valence electrons. The molecule has 0 saturated heterocycles. The van der Waals surface area contributed by atoms with Crippen LogP contribution in [0.3, 0.4) is 0 Å². The van der Waals surface area contributed by atoms with Crippen LogP contribution in [-0.4, -0.2) is 4.98 Å². The highest BCUT2D eigenvalue weighted by Crippen LogP contribution is 2.13. The minimum absolute atomic E-state index is 0.396. The fourth-order valence-corrected chi connectivity index (χ4v) is 0.860. The maximum Gasteiger partial charge on any atom is 0.0597 e. The monoisotopic (exact) mass is 160 g/mol. The Kier molecular flexibility index (Phi) is 2.16. The molecule has 0 aliphatic carbocycles. The summed E-state index contributed by atoms with van der Waals surface area (Å²) in [6.07, 6.45) is 6.84. The summed E-state index contributed by atoms with van der Waals surface area (Å²) in [4.78, 5) is 4.15. The van der Waals surface area contributed by atoms with Crippen LogP contribution in [-0.2, 0) is 5.54 Å². The average Bonchev–Trinajstić information content (AvgIpc) is 2.03. The van der Waals surface area contributed by atoms with Crippen LogP contribution >= 0.6 is 0 Å². The summed E-state index contributed by atoms with van der Waals surface area (Å²) in [7, 11) is 0. The Morgan fingerprint density at radius 2 is 2.17 bits per heavy atom. The van der Waals surface area contributed by atoms with E-state index >= 15 is 0 Å². The predicted molar refractivity (Wildman–Crippen MR) is 49.4 cm³/mol. The van der Waals surface area contributed by atoms with Crippen LogP contribution in [0.1, 0.15) is 25.1 Å². The predicted octanol–water partition coefficient (Wildman–Crippen LogP) is 1.26. The molecule has 0 spiro atoms. The van der Waals surface area contributed by atoms with E-state index in [1.165, 1.54) is 0 Å². The summed E-state index contributed by atoms with van der Waals surface area (Å²) in [5.41, 5.74) is 7.07. The van der Waals surface area contributed by atoms with Crippen molar-refractivity contribution in [2.45, 2.75) is 19.4 Å². The molecule has 0 aliphatic rings. The van der Waals surface area contributed by atoms with Crippen molar-refractivity contribution in [2.75, 3.05) is 0 Å². The van der Waals surface area contributed by atoms with E-state index in [1.54, 1.807) is 6.20 Å². The normalized spacial score (nSPS) is 10.8. The van der Waals surface area contributed by atoms with Gasteiger partial charge in [-0.1, -0.05) is 5.92 Å². The van der Waals surface area contributed by atoms with Gasteiger partial charge in [-0.3, -0.25) is 4.98 Å². The Hall–Kier alpha value is -1.33. The molecule has 2 nitrogen and oxygen atoms in total. The molecule has 0 aliphatic heterocycles. The number of pyridine rings is 1. The van der Waals surface area contributed by atoms with Gasteiger partial charge in [-0.05, 0) is 26.0 Å². The summed E-state index contributed by atoms with van der Waals surface area (Å²) in [6, 6.07) is 3.70. The number of terminal acetylenes is 1. The maximum atomic E-state index is 5.83. The van der Waals surface area contributed by atoms with Gasteiger partial charge in [-0.25, -0.2) is 0 Å². The maximum absolute atomic E-state index is 5.83. The van der Waals surface area contributed by atoms with Gasteiger partial charge in [-0.15, -0.1) is 6.42 Å². The van der Waals surface area contributed by atoms with Crippen molar-refractivity contribution in [3.05, 3.63) is 29.6 Å². The molecule has 0 fully saturated rings.